The second-order valence-electron chi connectivity index (χ2n) is 5.81. The average Bonchev–Trinajstić information content (AvgIpc) is 3.16. The van der Waals surface area contributed by atoms with Crippen molar-refractivity contribution >= 4 is 17.4 Å². The van der Waals surface area contributed by atoms with Gasteiger partial charge in [0, 0.05) is 36.2 Å². The van der Waals surface area contributed by atoms with E-state index in [4.69, 9.17) is 21.4 Å². The molecule has 0 bridgehead atoms. The molecule has 2 heterocycles. The van der Waals surface area contributed by atoms with Crippen molar-refractivity contribution in [2.45, 2.75) is 19.3 Å². The maximum atomic E-state index is 12.2. The lowest BCUT2D eigenvalue weighted by molar-refractivity contribution is -0.119. The van der Waals surface area contributed by atoms with E-state index in [1.165, 1.54) is 0 Å². The first-order chi connectivity index (χ1) is 11.1. The topological polar surface area (TPSA) is 70.1 Å². The molecule has 1 aliphatic rings. The minimum atomic E-state index is 0.114. The van der Waals surface area contributed by atoms with Gasteiger partial charge in [-0.25, -0.2) is 0 Å². The summed E-state index contributed by atoms with van der Waals surface area (Å²) in [4.78, 5) is 13.9. The van der Waals surface area contributed by atoms with Gasteiger partial charge in [0.05, 0.1) is 6.42 Å². The van der Waals surface area contributed by atoms with Gasteiger partial charge in [-0.05, 0) is 24.5 Å². The van der Waals surface area contributed by atoms with Gasteiger partial charge in [-0.15, -0.1) is 0 Å². The van der Waals surface area contributed by atoms with Crippen LogP contribution in [0.1, 0.15) is 18.6 Å². The van der Waals surface area contributed by atoms with Crippen LogP contribution in [0.4, 0.5) is 0 Å². The minimum Gasteiger partial charge on any atom is -0.360 e. The van der Waals surface area contributed by atoms with Crippen LogP contribution in [0.5, 0.6) is 0 Å². The van der Waals surface area contributed by atoms with E-state index in [0.29, 0.717) is 29.4 Å². The summed E-state index contributed by atoms with van der Waals surface area (Å²) >= 11 is 5.97. The molecule has 23 heavy (non-hydrogen) atoms. The smallest absolute Gasteiger partial charge is 0.179 e. The second kappa shape index (κ2) is 6.84. The molecule has 1 saturated heterocycles. The molecule has 0 unspecified atom stereocenters. The Balaban J connectivity index is 1.59. The van der Waals surface area contributed by atoms with Crippen LogP contribution in [0.3, 0.4) is 0 Å². The zero-order valence-corrected chi connectivity index (χ0v) is 13.3. The van der Waals surface area contributed by atoms with Crippen LogP contribution in [0.15, 0.2) is 34.9 Å². The zero-order chi connectivity index (χ0) is 16.2. The van der Waals surface area contributed by atoms with Gasteiger partial charge in [0.2, 0.25) is 0 Å². The third-order valence-corrected chi connectivity index (χ3v) is 4.23. The number of Topliss-reactive ketones (excluding diaryl/α,β-unsaturated/α-hetero) is 1. The lowest BCUT2D eigenvalue weighted by atomic mass is 9.99. The summed E-state index contributed by atoms with van der Waals surface area (Å²) in [5.41, 5.74) is 1.53. The molecule has 1 aliphatic heterocycles. The summed E-state index contributed by atoms with van der Waals surface area (Å²) in [6, 6.07) is 9.12. The van der Waals surface area contributed by atoms with Crippen LogP contribution in [0, 0.1) is 17.4 Å². The summed E-state index contributed by atoms with van der Waals surface area (Å²) in [6.45, 7) is 1.42. The molecule has 0 spiro atoms. The monoisotopic (exact) mass is 329 g/mol. The van der Waals surface area contributed by atoms with Crippen molar-refractivity contribution in [1.29, 1.82) is 5.26 Å². The highest BCUT2D eigenvalue weighted by Gasteiger charge is 2.24. The van der Waals surface area contributed by atoms with Crippen LogP contribution in [-0.2, 0) is 11.2 Å². The van der Waals surface area contributed by atoms with Gasteiger partial charge in [0.1, 0.15) is 17.2 Å². The number of ketones is 1. The Kier molecular flexibility index (Phi) is 4.63. The molecule has 118 valence electrons. The predicted molar refractivity (Wildman–Crippen MR) is 85.6 cm³/mol. The lowest BCUT2D eigenvalue weighted by Crippen LogP contribution is -2.16. The Labute approximate surface area is 139 Å². The summed E-state index contributed by atoms with van der Waals surface area (Å²) in [5, 5.41) is 13.5. The fourth-order valence-electron chi connectivity index (χ4n) is 2.86. The third kappa shape index (κ3) is 3.91. The Hall–Kier alpha value is -2.32. The van der Waals surface area contributed by atoms with Crippen LogP contribution in [0.25, 0.3) is 11.3 Å². The number of carbonyl (C=O) groups excluding carboxylic acids is 1. The van der Waals surface area contributed by atoms with Gasteiger partial charge in [-0.1, -0.05) is 28.9 Å². The highest BCUT2D eigenvalue weighted by atomic mass is 35.5. The minimum absolute atomic E-state index is 0.114. The third-order valence-electron chi connectivity index (χ3n) is 3.99. The van der Waals surface area contributed by atoms with E-state index in [9.17, 15) is 4.79 Å². The summed E-state index contributed by atoms with van der Waals surface area (Å²) < 4.78 is 5.26. The molecule has 0 amide bonds. The Morgan fingerprint density at radius 2 is 2.35 bits per heavy atom. The number of halogens is 1. The molecule has 0 radical (unpaired) electrons. The fraction of sp³-hybridized carbons (Fsp3) is 0.353. The Bertz CT molecular complexity index is 750. The first-order valence-electron chi connectivity index (χ1n) is 7.52. The molecule has 0 saturated carbocycles. The summed E-state index contributed by atoms with van der Waals surface area (Å²) in [5.74, 6) is 0.932. The molecule has 1 fully saturated rings. The number of rotatable bonds is 5. The normalized spacial score (nSPS) is 17.2. The molecule has 1 atom stereocenters. The summed E-state index contributed by atoms with van der Waals surface area (Å²) in [7, 11) is 0. The SMILES string of the molecule is N#CN1CC[C@H](CC(=O)Cc2cc(-c3cccc(Cl)c3)no2)C1. The Morgan fingerprint density at radius 1 is 1.48 bits per heavy atom. The van der Waals surface area contributed by atoms with Crippen molar-refractivity contribution < 1.29 is 9.32 Å². The highest BCUT2D eigenvalue weighted by molar-refractivity contribution is 6.30. The van der Waals surface area contributed by atoms with Gasteiger partial charge in [-0.2, -0.15) is 5.26 Å². The van der Waals surface area contributed by atoms with Gasteiger partial charge < -0.3 is 9.42 Å². The van der Waals surface area contributed by atoms with Crippen molar-refractivity contribution in [2.24, 2.45) is 5.92 Å². The van der Waals surface area contributed by atoms with Crippen molar-refractivity contribution in [3.05, 3.63) is 41.1 Å². The van der Waals surface area contributed by atoms with E-state index in [0.717, 1.165) is 18.5 Å². The van der Waals surface area contributed by atoms with Gasteiger partial charge >= 0.3 is 0 Å². The van der Waals surface area contributed by atoms with E-state index < -0.39 is 0 Å². The average molecular weight is 330 g/mol. The van der Waals surface area contributed by atoms with E-state index in [1.807, 2.05) is 12.1 Å². The molecular formula is C17H16ClN3O2. The van der Waals surface area contributed by atoms with E-state index in [1.54, 1.807) is 23.1 Å². The van der Waals surface area contributed by atoms with E-state index in [2.05, 4.69) is 11.3 Å². The molecule has 0 aliphatic carbocycles. The van der Waals surface area contributed by atoms with Crippen molar-refractivity contribution in [2.75, 3.05) is 13.1 Å². The number of hydrogen-bond donors (Lipinski definition) is 0. The fourth-order valence-corrected chi connectivity index (χ4v) is 3.05. The maximum Gasteiger partial charge on any atom is 0.179 e. The van der Waals surface area contributed by atoms with Gasteiger partial charge in [0.25, 0.3) is 0 Å². The van der Waals surface area contributed by atoms with Crippen LogP contribution in [-0.4, -0.2) is 28.9 Å². The number of nitriles is 1. The standard InChI is InChI=1S/C17H16ClN3O2/c18-14-3-1-2-13(7-14)17-9-16(23-20-17)8-15(22)6-12-4-5-21(10-12)11-19/h1-3,7,9,12H,4-6,8,10H2/t12-/m1/s1. The van der Waals surface area contributed by atoms with Crippen molar-refractivity contribution in [3.63, 3.8) is 0 Å². The van der Waals surface area contributed by atoms with E-state index >= 15 is 0 Å². The molecule has 1 aromatic carbocycles. The number of likely N-dealkylation sites (tertiary alicyclic amines) is 1. The molecule has 5 nitrogen and oxygen atoms in total. The van der Waals surface area contributed by atoms with Crippen LogP contribution >= 0.6 is 11.6 Å². The molecule has 0 N–H and O–H groups in total. The maximum absolute atomic E-state index is 12.2. The molecule has 6 heteroatoms. The van der Waals surface area contributed by atoms with Gasteiger partial charge in [-0.3, -0.25) is 4.79 Å². The first kappa shape index (κ1) is 15.6. The number of nitrogens with zero attached hydrogens (tertiary/aromatic N) is 3. The quantitative estimate of drug-likeness (QED) is 0.787. The predicted octanol–water partition coefficient (Wildman–Crippen LogP) is 3.30. The van der Waals surface area contributed by atoms with Crippen molar-refractivity contribution in [1.82, 2.24) is 10.1 Å². The second-order valence-corrected chi connectivity index (χ2v) is 6.25. The number of aromatic nitrogens is 1. The number of carbonyl (C=O) groups is 1. The summed E-state index contributed by atoms with van der Waals surface area (Å²) in [6.07, 6.45) is 3.73. The number of benzene rings is 1. The van der Waals surface area contributed by atoms with Crippen molar-refractivity contribution in [3.8, 4) is 17.5 Å². The van der Waals surface area contributed by atoms with Gasteiger partial charge in [0.15, 0.2) is 6.19 Å². The number of hydrogen-bond acceptors (Lipinski definition) is 5. The Morgan fingerprint density at radius 3 is 3.09 bits per heavy atom. The molecular weight excluding hydrogens is 314 g/mol. The largest absolute Gasteiger partial charge is 0.360 e. The van der Waals surface area contributed by atoms with Crippen LogP contribution in [0.2, 0.25) is 5.02 Å². The molecule has 2 aromatic rings. The highest BCUT2D eigenvalue weighted by Crippen LogP contribution is 2.24. The van der Waals surface area contributed by atoms with E-state index in [-0.39, 0.29) is 18.1 Å². The molecule has 3 rings (SSSR count). The molecule has 1 aromatic heterocycles. The zero-order valence-electron chi connectivity index (χ0n) is 12.5. The van der Waals surface area contributed by atoms with Crippen LogP contribution < -0.4 is 0 Å². The lowest BCUT2D eigenvalue weighted by Gasteiger charge is -2.07. The first-order valence-corrected chi connectivity index (χ1v) is 7.90.